The Labute approximate surface area is 96.8 Å². The molecule has 1 fully saturated rings. The van der Waals surface area contributed by atoms with Gasteiger partial charge in [-0.05, 0) is 18.9 Å². The van der Waals surface area contributed by atoms with Crippen LogP contribution in [0.2, 0.25) is 0 Å². The van der Waals surface area contributed by atoms with Crippen molar-refractivity contribution < 1.29 is 8.42 Å². The zero-order valence-corrected chi connectivity index (χ0v) is 10.3. The predicted octanol–water partition coefficient (Wildman–Crippen LogP) is 1.27. The van der Waals surface area contributed by atoms with Crippen LogP contribution in [0, 0.1) is 6.92 Å². The summed E-state index contributed by atoms with van der Waals surface area (Å²) in [6, 6.07) is 8.40. The molecule has 4 heteroatoms. The fourth-order valence-corrected chi connectivity index (χ4v) is 3.75. The molecule has 1 atom stereocenters. The molecule has 0 bridgehead atoms. The van der Waals surface area contributed by atoms with Crippen molar-refractivity contribution in [3.8, 4) is 0 Å². The molecule has 88 valence electrons. The first-order valence-corrected chi connectivity index (χ1v) is 7.37. The summed E-state index contributed by atoms with van der Waals surface area (Å²) in [7, 11) is -2.77. The highest BCUT2D eigenvalue weighted by atomic mass is 32.2. The van der Waals surface area contributed by atoms with Crippen molar-refractivity contribution in [3.05, 3.63) is 35.4 Å². The van der Waals surface area contributed by atoms with Crippen molar-refractivity contribution in [1.82, 2.24) is 5.32 Å². The highest BCUT2D eigenvalue weighted by Gasteiger charge is 2.27. The van der Waals surface area contributed by atoms with E-state index in [1.54, 1.807) is 0 Å². The van der Waals surface area contributed by atoms with E-state index in [4.69, 9.17) is 0 Å². The fourth-order valence-electron chi connectivity index (χ4n) is 2.04. The molecule has 1 aromatic rings. The van der Waals surface area contributed by atoms with Crippen LogP contribution in [-0.2, 0) is 16.4 Å². The molecule has 16 heavy (non-hydrogen) atoms. The van der Waals surface area contributed by atoms with Gasteiger partial charge < -0.3 is 5.32 Å². The monoisotopic (exact) mass is 239 g/mol. The third-order valence-electron chi connectivity index (χ3n) is 2.91. The molecule has 2 rings (SSSR count). The molecular weight excluding hydrogens is 222 g/mol. The van der Waals surface area contributed by atoms with Gasteiger partial charge in [-0.2, -0.15) is 0 Å². The largest absolute Gasteiger partial charge is 0.309 e. The molecule has 0 radical (unpaired) electrons. The van der Waals surface area contributed by atoms with E-state index in [2.05, 4.69) is 30.4 Å². The van der Waals surface area contributed by atoms with Crippen LogP contribution in [0.15, 0.2) is 24.3 Å². The number of hydrogen-bond donors (Lipinski definition) is 1. The normalized spacial score (nSPS) is 23.4. The van der Waals surface area contributed by atoms with Crippen molar-refractivity contribution in [3.63, 3.8) is 0 Å². The predicted molar refractivity (Wildman–Crippen MR) is 65.1 cm³/mol. The van der Waals surface area contributed by atoms with Gasteiger partial charge in [-0.25, -0.2) is 8.42 Å². The smallest absolute Gasteiger partial charge is 0.151 e. The van der Waals surface area contributed by atoms with E-state index in [-0.39, 0.29) is 6.04 Å². The minimum Gasteiger partial charge on any atom is -0.309 e. The second-order valence-corrected chi connectivity index (χ2v) is 6.70. The van der Waals surface area contributed by atoms with Crippen molar-refractivity contribution in [2.45, 2.75) is 25.9 Å². The zero-order valence-electron chi connectivity index (χ0n) is 9.44. The first-order chi connectivity index (χ1) is 7.55. The minimum atomic E-state index is -2.77. The maximum absolute atomic E-state index is 11.3. The second kappa shape index (κ2) is 4.55. The van der Waals surface area contributed by atoms with Gasteiger partial charge in [-0.3, -0.25) is 0 Å². The van der Waals surface area contributed by atoms with Crippen LogP contribution in [-0.4, -0.2) is 26.0 Å². The number of benzene rings is 1. The van der Waals surface area contributed by atoms with Crippen LogP contribution in [0.4, 0.5) is 0 Å². The van der Waals surface area contributed by atoms with Gasteiger partial charge in [-0.1, -0.05) is 29.8 Å². The Hall–Kier alpha value is -0.870. The third-order valence-corrected chi connectivity index (χ3v) is 4.68. The van der Waals surface area contributed by atoms with Gasteiger partial charge in [-0.15, -0.1) is 0 Å². The average Bonchev–Trinajstić information content (AvgIpc) is 2.56. The topological polar surface area (TPSA) is 46.2 Å². The Bertz CT molecular complexity index is 468. The van der Waals surface area contributed by atoms with E-state index in [9.17, 15) is 8.42 Å². The van der Waals surface area contributed by atoms with Gasteiger partial charge in [0, 0.05) is 12.6 Å². The summed E-state index contributed by atoms with van der Waals surface area (Å²) in [6.45, 7) is 2.81. The van der Waals surface area contributed by atoms with Crippen LogP contribution in [0.3, 0.4) is 0 Å². The first-order valence-electron chi connectivity index (χ1n) is 5.54. The lowest BCUT2D eigenvalue weighted by molar-refractivity contribution is 0.554. The van der Waals surface area contributed by atoms with Gasteiger partial charge in [0.1, 0.15) is 0 Å². The number of hydrogen-bond acceptors (Lipinski definition) is 3. The Balaban J connectivity index is 1.89. The number of sulfone groups is 1. The quantitative estimate of drug-likeness (QED) is 0.864. The lowest BCUT2D eigenvalue weighted by Crippen LogP contribution is -2.29. The van der Waals surface area contributed by atoms with Crippen LogP contribution < -0.4 is 5.32 Å². The van der Waals surface area contributed by atoms with E-state index < -0.39 is 9.84 Å². The average molecular weight is 239 g/mol. The van der Waals surface area contributed by atoms with E-state index in [0.717, 1.165) is 13.0 Å². The van der Waals surface area contributed by atoms with Crippen molar-refractivity contribution in [2.24, 2.45) is 0 Å². The summed E-state index contributed by atoms with van der Waals surface area (Å²) in [5.74, 6) is 0.622. The minimum absolute atomic E-state index is 0.130. The maximum Gasteiger partial charge on any atom is 0.151 e. The summed E-state index contributed by atoms with van der Waals surface area (Å²) < 4.78 is 22.5. The molecule has 1 aliphatic heterocycles. The standard InChI is InChI=1S/C12H17NO2S/c1-10-3-2-4-11(7-10)8-13-12-5-6-16(14,15)9-12/h2-4,7,12-13H,5-6,8-9H2,1H3. The van der Waals surface area contributed by atoms with E-state index in [0.29, 0.717) is 11.5 Å². The summed E-state index contributed by atoms with van der Waals surface area (Å²) in [5.41, 5.74) is 2.45. The Morgan fingerprint density at radius 1 is 1.44 bits per heavy atom. The SMILES string of the molecule is Cc1cccc(CNC2CCS(=O)(=O)C2)c1. The van der Waals surface area contributed by atoms with Gasteiger partial charge in [0.25, 0.3) is 0 Å². The van der Waals surface area contributed by atoms with Gasteiger partial charge in [0.2, 0.25) is 0 Å². The highest BCUT2D eigenvalue weighted by molar-refractivity contribution is 7.91. The molecule has 1 N–H and O–H groups in total. The van der Waals surface area contributed by atoms with Crippen molar-refractivity contribution in [2.75, 3.05) is 11.5 Å². The first kappa shape index (κ1) is 11.6. The Morgan fingerprint density at radius 2 is 2.25 bits per heavy atom. The van der Waals surface area contributed by atoms with E-state index in [1.807, 2.05) is 6.07 Å². The van der Waals surface area contributed by atoms with Crippen LogP contribution >= 0.6 is 0 Å². The van der Waals surface area contributed by atoms with Crippen molar-refractivity contribution >= 4 is 9.84 Å². The van der Waals surface area contributed by atoms with E-state index >= 15 is 0 Å². The molecule has 0 spiro atoms. The molecule has 1 saturated heterocycles. The molecule has 1 unspecified atom stereocenters. The van der Waals surface area contributed by atoms with Crippen molar-refractivity contribution in [1.29, 1.82) is 0 Å². The van der Waals surface area contributed by atoms with Gasteiger partial charge in [0.15, 0.2) is 9.84 Å². The van der Waals surface area contributed by atoms with E-state index in [1.165, 1.54) is 11.1 Å². The highest BCUT2D eigenvalue weighted by Crippen LogP contribution is 2.12. The molecule has 1 aromatic carbocycles. The molecule has 0 saturated carbocycles. The molecular formula is C12H17NO2S. The number of nitrogens with one attached hydrogen (secondary N) is 1. The van der Waals surface area contributed by atoms with Crippen LogP contribution in [0.5, 0.6) is 0 Å². The Morgan fingerprint density at radius 3 is 2.88 bits per heavy atom. The summed E-state index contributed by atoms with van der Waals surface area (Å²) >= 11 is 0. The zero-order chi connectivity index (χ0) is 11.6. The lowest BCUT2D eigenvalue weighted by atomic mass is 10.1. The lowest BCUT2D eigenvalue weighted by Gasteiger charge is -2.10. The third kappa shape index (κ3) is 3.06. The second-order valence-electron chi connectivity index (χ2n) is 4.47. The number of aryl methyl sites for hydroxylation is 1. The fraction of sp³-hybridized carbons (Fsp3) is 0.500. The van der Waals surface area contributed by atoms with Gasteiger partial charge >= 0.3 is 0 Å². The molecule has 0 amide bonds. The molecule has 0 aromatic heterocycles. The van der Waals surface area contributed by atoms with Crippen LogP contribution in [0.1, 0.15) is 17.5 Å². The summed E-state index contributed by atoms with van der Waals surface area (Å²) in [5, 5.41) is 3.30. The molecule has 1 heterocycles. The molecule has 3 nitrogen and oxygen atoms in total. The Kier molecular flexibility index (Phi) is 3.30. The summed E-state index contributed by atoms with van der Waals surface area (Å²) in [4.78, 5) is 0. The molecule has 0 aliphatic carbocycles. The molecule has 1 aliphatic rings. The van der Waals surface area contributed by atoms with Gasteiger partial charge in [0.05, 0.1) is 11.5 Å². The summed E-state index contributed by atoms with van der Waals surface area (Å²) in [6.07, 6.45) is 0.744. The van der Waals surface area contributed by atoms with Crippen LogP contribution in [0.25, 0.3) is 0 Å². The maximum atomic E-state index is 11.3. The number of rotatable bonds is 3.